The molecular weight excluding hydrogens is 489 g/mol. The Morgan fingerprint density at radius 2 is 1.86 bits per heavy atom. The molecule has 12 heteroatoms. The molecule has 1 aliphatic heterocycles. The number of nitrogens with zero attached hydrogens (tertiary/aromatic N) is 4. The van der Waals surface area contributed by atoms with Gasteiger partial charge < -0.3 is 19.7 Å². The number of benzene rings is 2. The zero-order valence-corrected chi connectivity index (χ0v) is 20.4. The van der Waals surface area contributed by atoms with Crippen molar-refractivity contribution in [2.45, 2.75) is 38.8 Å². The van der Waals surface area contributed by atoms with Gasteiger partial charge in [0.05, 0.1) is 12.6 Å². The van der Waals surface area contributed by atoms with Gasteiger partial charge in [0.25, 0.3) is 5.91 Å². The van der Waals surface area contributed by atoms with Crippen molar-refractivity contribution in [1.82, 2.24) is 20.1 Å². The predicted molar refractivity (Wildman–Crippen MR) is 130 cm³/mol. The van der Waals surface area contributed by atoms with Gasteiger partial charge in [0.2, 0.25) is 5.82 Å². The van der Waals surface area contributed by atoms with Crippen LogP contribution >= 0.6 is 0 Å². The molecule has 0 saturated carbocycles. The Kier molecular flexibility index (Phi) is 7.77. The molecule has 2 heterocycles. The fourth-order valence-electron chi connectivity index (χ4n) is 4.11. The number of amidine groups is 1. The van der Waals surface area contributed by atoms with E-state index in [4.69, 9.17) is 10.1 Å². The van der Waals surface area contributed by atoms with E-state index in [9.17, 15) is 18.0 Å². The van der Waals surface area contributed by atoms with Crippen LogP contribution in [-0.4, -0.2) is 59.2 Å². The molecule has 0 atom stereocenters. The fraction of sp³-hybridized carbons (Fsp3) is 0.360. The maximum atomic E-state index is 12.6. The lowest BCUT2D eigenvalue weighted by atomic mass is 10.1. The SMILES string of the molecule is COC1CCN(c2cccc(Cn3nc(C(=O)NC(=N)c4ccc(OC(F)(F)F)cc4)nc3C)c2)CC1. The number of rotatable bonds is 7. The molecule has 0 radical (unpaired) electrons. The van der Waals surface area contributed by atoms with Crippen molar-refractivity contribution >= 4 is 17.4 Å². The highest BCUT2D eigenvalue weighted by Gasteiger charge is 2.31. The van der Waals surface area contributed by atoms with Crippen molar-refractivity contribution in [3.8, 4) is 5.75 Å². The topological polar surface area (TPSA) is 105 Å². The number of hydrogen-bond donors (Lipinski definition) is 2. The number of amides is 1. The number of hydrogen-bond acceptors (Lipinski definition) is 7. The molecule has 1 aromatic heterocycles. The molecule has 2 aromatic carbocycles. The van der Waals surface area contributed by atoms with Crippen LogP contribution in [0.5, 0.6) is 5.75 Å². The molecule has 4 rings (SSSR count). The summed E-state index contributed by atoms with van der Waals surface area (Å²) in [4.78, 5) is 19.2. The monoisotopic (exact) mass is 516 g/mol. The Bertz CT molecular complexity index is 1250. The van der Waals surface area contributed by atoms with Crippen LogP contribution in [0, 0.1) is 12.3 Å². The van der Waals surface area contributed by atoms with Crippen LogP contribution < -0.4 is 15.0 Å². The van der Waals surface area contributed by atoms with Crippen molar-refractivity contribution in [2.24, 2.45) is 0 Å². The van der Waals surface area contributed by atoms with Gasteiger partial charge in [-0.05, 0) is 61.7 Å². The molecule has 1 saturated heterocycles. The lowest BCUT2D eigenvalue weighted by molar-refractivity contribution is -0.274. The van der Waals surface area contributed by atoms with Gasteiger partial charge in [0.15, 0.2) is 0 Å². The molecule has 1 amide bonds. The predicted octanol–water partition coefficient (Wildman–Crippen LogP) is 3.90. The number of halogens is 3. The number of carbonyl (C=O) groups excluding carboxylic acids is 1. The zero-order chi connectivity index (χ0) is 26.6. The van der Waals surface area contributed by atoms with Crippen LogP contribution in [-0.2, 0) is 11.3 Å². The van der Waals surface area contributed by atoms with Crippen molar-refractivity contribution in [2.75, 3.05) is 25.1 Å². The molecule has 37 heavy (non-hydrogen) atoms. The summed E-state index contributed by atoms with van der Waals surface area (Å²) in [6.07, 6.45) is -2.57. The van der Waals surface area contributed by atoms with E-state index >= 15 is 0 Å². The average molecular weight is 517 g/mol. The highest BCUT2D eigenvalue weighted by atomic mass is 19.4. The molecule has 0 spiro atoms. The quantitative estimate of drug-likeness (QED) is 0.365. The van der Waals surface area contributed by atoms with Crippen LogP contribution in [0.2, 0.25) is 0 Å². The van der Waals surface area contributed by atoms with Crippen molar-refractivity contribution in [1.29, 1.82) is 5.41 Å². The third kappa shape index (κ3) is 6.85. The zero-order valence-electron chi connectivity index (χ0n) is 20.4. The number of piperidine rings is 1. The van der Waals surface area contributed by atoms with E-state index in [-0.39, 0.29) is 17.2 Å². The summed E-state index contributed by atoms with van der Waals surface area (Å²) < 4.78 is 47.8. The van der Waals surface area contributed by atoms with Crippen molar-refractivity contribution < 1.29 is 27.4 Å². The number of nitrogens with one attached hydrogen (secondary N) is 2. The smallest absolute Gasteiger partial charge is 0.406 e. The largest absolute Gasteiger partial charge is 0.573 e. The maximum absolute atomic E-state index is 12.6. The van der Waals surface area contributed by atoms with Crippen LogP contribution in [0.25, 0.3) is 0 Å². The summed E-state index contributed by atoms with van der Waals surface area (Å²) in [5, 5.41) is 14.7. The highest BCUT2D eigenvalue weighted by Crippen LogP contribution is 2.24. The Morgan fingerprint density at radius 3 is 2.51 bits per heavy atom. The first-order valence-electron chi connectivity index (χ1n) is 11.7. The van der Waals surface area contributed by atoms with E-state index in [1.165, 1.54) is 12.1 Å². The number of ether oxygens (including phenoxy) is 2. The van der Waals surface area contributed by atoms with Crippen LogP contribution in [0.15, 0.2) is 48.5 Å². The molecule has 0 bridgehead atoms. The molecule has 0 unspecified atom stereocenters. The third-order valence-electron chi connectivity index (χ3n) is 6.06. The van der Waals surface area contributed by atoms with Gasteiger partial charge in [-0.3, -0.25) is 10.2 Å². The number of aromatic nitrogens is 3. The van der Waals surface area contributed by atoms with E-state index in [0.29, 0.717) is 18.5 Å². The minimum Gasteiger partial charge on any atom is -0.406 e. The number of alkyl halides is 3. The van der Waals surface area contributed by atoms with Crippen LogP contribution in [0.3, 0.4) is 0 Å². The van der Waals surface area contributed by atoms with E-state index in [1.54, 1.807) is 18.7 Å². The van der Waals surface area contributed by atoms with Gasteiger partial charge in [-0.25, -0.2) is 9.67 Å². The first kappa shape index (κ1) is 26.1. The normalized spacial score (nSPS) is 14.5. The van der Waals surface area contributed by atoms with Gasteiger partial charge in [0.1, 0.15) is 17.4 Å². The molecule has 196 valence electrons. The average Bonchev–Trinajstić information content (AvgIpc) is 3.23. The van der Waals surface area contributed by atoms with Gasteiger partial charge in [-0.15, -0.1) is 18.3 Å². The maximum Gasteiger partial charge on any atom is 0.573 e. The summed E-state index contributed by atoms with van der Waals surface area (Å²) in [5.74, 6) is -1.01. The van der Waals surface area contributed by atoms with Crippen molar-refractivity contribution in [3.63, 3.8) is 0 Å². The number of aryl methyl sites for hydroxylation is 1. The Hall–Kier alpha value is -3.93. The standard InChI is InChI=1S/C25H27F3N6O3/c1-16-30-23(24(35)31-22(29)18-6-8-21(9-7-18)37-25(26,27)28)32-34(16)15-17-4-3-5-19(14-17)33-12-10-20(36-2)11-13-33/h3-9,14,20H,10-13,15H2,1-2H3,(H2,29,31,35). The van der Waals surface area contributed by atoms with Crippen LogP contribution in [0.1, 0.15) is 40.4 Å². The molecule has 3 aromatic rings. The van der Waals surface area contributed by atoms with Crippen LogP contribution in [0.4, 0.5) is 18.9 Å². The second-order valence-electron chi connectivity index (χ2n) is 8.63. The first-order chi connectivity index (χ1) is 17.6. The van der Waals surface area contributed by atoms with Gasteiger partial charge in [0, 0.05) is 31.5 Å². The Morgan fingerprint density at radius 1 is 1.16 bits per heavy atom. The number of carbonyl (C=O) groups is 1. The molecule has 0 aliphatic carbocycles. The van der Waals surface area contributed by atoms with Gasteiger partial charge in [-0.2, -0.15) is 0 Å². The Labute approximate surface area is 211 Å². The van der Waals surface area contributed by atoms with E-state index in [0.717, 1.165) is 49.3 Å². The summed E-state index contributed by atoms with van der Waals surface area (Å²) in [5.41, 5.74) is 2.31. The second-order valence-corrected chi connectivity index (χ2v) is 8.63. The minimum absolute atomic E-state index is 0.114. The fourth-order valence-corrected chi connectivity index (χ4v) is 4.11. The van der Waals surface area contributed by atoms with Crippen molar-refractivity contribution in [3.05, 3.63) is 71.3 Å². The summed E-state index contributed by atoms with van der Waals surface area (Å²) >= 11 is 0. The van der Waals surface area contributed by atoms with E-state index in [2.05, 4.69) is 37.2 Å². The lowest BCUT2D eigenvalue weighted by Gasteiger charge is -2.33. The van der Waals surface area contributed by atoms with Gasteiger partial charge in [-0.1, -0.05) is 12.1 Å². The van der Waals surface area contributed by atoms with Gasteiger partial charge >= 0.3 is 6.36 Å². The molecule has 1 aliphatic rings. The Balaban J connectivity index is 1.38. The molecule has 9 nitrogen and oxygen atoms in total. The summed E-state index contributed by atoms with van der Waals surface area (Å²) in [6, 6.07) is 12.7. The highest BCUT2D eigenvalue weighted by molar-refractivity contribution is 6.10. The number of methoxy groups -OCH3 is 1. The third-order valence-corrected chi connectivity index (χ3v) is 6.06. The summed E-state index contributed by atoms with van der Waals surface area (Å²) in [7, 11) is 1.74. The molecular formula is C25H27F3N6O3. The minimum atomic E-state index is -4.81. The summed E-state index contributed by atoms with van der Waals surface area (Å²) in [6.45, 7) is 3.97. The first-order valence-corrected chi connectivity index (χ1v) is 11.7. The number of anilines is 1. The van der Waals surface area contributed by atoms with E-state index < -0.39 is 18.0 Å². The molecule has 1 fully saturated rings. The van der Waals surface area contributed by atoms with E-state index in [1.807, 2.05) is 12.1 Å². The molecule has 2 N–H and O–H groups in total. The lowest BCUT2D eigenvalue weighted by Crippen LogP contribution is -2.36. The second kappa shape index (κ2) is 11.0.